The molecule has 1 rings (SSSR count). The van der Waals surface area contributed by atoms with Crippen LogP contribution in [0.1, 0.15) is 5.56 Å². The van der Waals surface area contributed by atoms with Gasteiger partial charge in [-0.3, -0.25) is 4.79 Å². The normalized spacial score (nSPS) is 10.4. The van der Waals surface area contributed by atoms with Gasteiger partial charge in [-0.15, -0.1) is 0 Å². The van der Waals surface area contributed by atoms with Gasteiger partial charge in [-0.05, 0) is 24.1 Å². The Morgan fingerprint density at radius 2 is 2.16 bits per heavy atom. The fourth-order valence-electron chi connectivity index (χ4n) is 1.45. The molecule has 0 radical (unpaired) electrons. The molecule has 0 saturated heterocycles. The number of carbonyl (C=O) groups excluding carboxylic acids is 1. The van der Waals surface area contributed by atoms with Crippen LogP contribution in [0.3, 0.4) is 0 Å². The number of amides is 1. The van der Waals surface area contributed by atoms with Crippen molar-refractivity contribution in [1.29, 1.82) is 0 Å². The number of benzene rings is 1. The maximum absolute atomic E-state index is 12.1. The summed E-state index contributed by atoms with van der Waals surface area (Å²) in [5.41, 5.74) is 0.855. The summed E-state index contributed by atoms with van der Waals surface area (Å²) in [6.07, 6.45) is 0.573. The molecule has 4 nitrogen and oxygen atoms in total. The van der Waals surface area contributed by atoms with E-state index in [2.05, 4.69) is 26.0 Å². The molecule has 7 heteroatoms. The number of halogens is 3. The molecule has 0 unspecified atom stereocenters. The first-order valence-corrected chi connectivity index (χ1v) is 6.63. The maximum Gasteiger partial charge on any atom is 0.387 e. The van der Waals surface area contributed by atoms with Crippen molar-refractivity contribution in [3.8, 4) is 11.5 Å². The molecule has 0 bridgehead atoms. The highest BCUT2D eigenvalue weighted by Crippen LogP contribution is 2.29. The number of hydrogen-bond acceptors (Lipinski definition) is 3. The van der Waals surface area contributed by atoms with Gasteiger partial charge < -0.3 is 14.8 Å². The lowest BCUT2D eigenvalue weighted by Crippen LogP contribution is -2.26. The molecule has 0 aromatic heterocycles. The third-order valence-electron chi connectivity index (χ3n) is 2.30. The van der Waals surface area contributed by atoms with Crippen molar-refractivity contribution in [1.82, 2.24) is 5.32 Å². The van der Waals surface area contributed by atoms with E-state index in [0.29, 0.717) is 13.0 Å². The van der Waals surface area contributed by atoms with Crippen molar-refractivity contribution < 1.29 is 23.0 Å². The highest BCUT2D eigenvalue weighted by atomic mass is 79.9. The Kier molecular flexibility index (Phi) is 6.55. The Bertz CT molecular complexity index is 429. The van der Waals surface area contributed by atoms with Crippen LogP contribution in [0.15, 0.2) is 18.2 Å². The summed E-state index contributed by atoms with van der Waals surface area (Å²) >= 11 is 3.04. The summed E-state index contributed by atoms with van der Waals surface area (Å²) < 4.78 is 33.6. The third-order valence-corrected chi connectivity index (χ3v) is 2.81. The van der Waals surface area contributed by atoms with Gasteiger partial charge in [-0.25, -0.2) is 0 Å². The number of alkyl halides is 3. The monoisotopic (exact) mass is 337 g/mol. The van der Waals surface area contributed by atoms with E-state index in [1.165, 1.54) is 13.2 Å². The van der Waals surface area contributed by atoms with Gasteiger partial charge in [0.1, 0.15) is 0 Å². The first-order chi connectivity index (χ1) is 9.06. The van der Waals surface area contributed by atoms with E-state index in [0.717, 1.165) is 5.56 Å². The standard InChI is InChI=1S/C12H14BrF2NO3/c1-18-10-6-8(4-5-16-11(17)7-13)2-3-9(10)19-12(14)15/h2-3,6,12H,4-5,7H2,1H3,(H,16,17). The van der Waals surface area contributed by atoms with Crippen molar-refractivity contribution >= 4 is 21.8 Å². The maximum atomic E-state index is 12.1. The molecule has 0 fully saturated rings. The first-order valence-electron chi connectivity index (χ1n) is 5.51. The molecule has 0 atom stereocenters. The Labute approximate surface area is 118 Å². The predicted molar refractivity (Wildman–Crippen MR) is 70.1 cm³/mol. The van der Waals surface area contributed by atoms with E-state index in [1.54, 1.807) is 12.1 Å². The van der Waals surface area contributed by atoms with E-state index < -0.39 is 6.61 Å². The van der Waals surface area contributed by atoms with Crippen molar-refractivity contribution in [3.05, 3.63) is 23.8 Å². The second kappa shape index (κ2) is 7.93. The Morgan fingerprint density at radius 1 is 1.42 bits per heavy atom. The summed E-state index contributed by atoms with van der Waals surface area (Å²) in [6, 6.07) is 4.69. The zero-order valence-corrected chi connectivity index (χ0v) is 11.9. The molecule has 1 aromatic rings. The third kappa shape index (κ3) is 5.42. The highest BCUT2D eigenvalue weighted by molar-refractivity contribution is 9.09. The summed E-state index contributed by atoms with van der Waals surface area (Å²) in [6.45, 7) is -2.43. The van der Waals surface area contributed by atoms with Gasteiger partial charge in [0.05, 0.1) is 12.4 Å². The van der Waals surface area contributed by atoms with Gasteiger partial charge in [0.25, 0.3) is 0 Å². The minimum absolute atomic E-state index is 0.00857. The van der Waals surface area contributed by atoms with E-state index in [9.17, 15) is 13.6 Å². The molecule has 19 heavy (non-hydrogen) atoms. The lowest BCUT2D eigenvalue weighted by atomic mass is 10.1. The summed E-state index contributed by atoms with van der Waals surface area (Å²) in [5.74, 6) is 0.125. The quantitative estimate of drug-likeness (QED) is 0.777. The first kappa shape index (κ1) is 15.7. The van der Waals surface area contributed by atoms with Crippen LogP contribution >= 0.6 is 15.9 Å². The van der Waals surface area contributed by atoms with Gasteiger partial charge in [-0.2, -0.15) is 8.78 Å². The molecule has 0 heterocycles. The van der Waals surface area contributed by atoms with Crippen molar-refractivity contribution in [2.24, 2.45) is 0 Å². The second-order valence-electron chi connectivity index (χ2n) is 3.60. The number of nitrogens with one attached hydrogen (secondary N) is 1. The van der Waals surface area contributed by atoms with Gasteiger partial charge >= 0.3 is 6.61 Å². The van der Waals surface area contributed by atoms with Crippen molar-refractivity contribution in [2.45, 2.75) is 13.0 Å². The fourth-order valence-corrected chi connectivity index (χ4v) is 1.65. The minimum Gasteiger partial charge on any atom is -0.493 e. The Balaban J connectivity index is 2.63. The largest absolute Gasteiger partial charge is 0.493 e. The molecule has 0 aliphatic heterocycles. The molecular formula is C12H14BrF2NO3. The van der Waals surface area contributed by atoms with E-state index in [-0.39, 0.29) is 22.7 Å². The van der Waals surface area contributed by atoms with Crippen LogP contribution in [0.2, 0.25) is 0 Å². The minimum atomic E-state index is -2.89. The smallest absolute Gasteiger partial charge is 0.387 e. The number of carbonyl (C=O) groups is 1. The average molecular weight is 338 g/mol. The van der Waals surface area contributed by atoms with Crippen LogP contribution < -0.4 is 14.8 Å². The molecule has 0 aliphatic rings. The van der Waals surface area contributed by atoms with Crippen LogP contribution in [-0.2, 0) is 11.2 Å². The zero-order valence-electron chi connectivity index (χ0n) is 10.3. The number of ether oxygens (including phenoxy) is 2. The van der Waals surface area contributed by atoms with Crippen LogP contribution in [-0.4, -0.2) is 31.5 Å². The summed E-state index contributed by atoms with van der Waals surface area (Å²) in [5, 5.41) is 2.93. The fraction of sp³-hybridized carbons (Fsp3) is 0.417. The molecule has 0 saturated carbocycles. The van der Waals surface area contributed by atoms with Gasteiger partial charge in [0, 0.05) is 6.54 Å². The topological polar surface area (TPSA) is 47.6 Å². The van der Waals surface area contributed by atoms with Crippen LogP contribution in [0.5, 0.6) is 11.5 Å². The van der Waals surface area contributed by atoms with E-state index in [1.807, 2.05) is 0 Å². The Hall–Kier alpha value is -1.37. The zero-order chi connectivity index (χ0) is 14.3. The second-order valence-corrected chi connectivity index (χ2v) is 4.16. The SMILES string of the molecule is COc1cc(CCNC(=O)CBr)ccc1OC(F)F. The predicted octanol–water partition coefficient (Wildman–Crippen LogP) is 2.35. The molecular weight excluding hydrogens is 324 g/mol. The molecule has 0 aliphatic carbocycles. The highest BCUT2D eigenvalue weighted by Gasteiger charge is 2.11. The molecule has 106 valence electrons. The lowest BCUT2D eigenvalue weighted by Gasteiger charge is -2.11. The van der Waals surface area contributed by atoms with Crippen LogP contribution in [0.4, 0.5) is 8.78 Å². The number of rotatable bonds is 7. The molecule has 0 spiro atoms. The molecule has 1 amide bonds. The van der Waals surface area contributed by atoms with Gasteiger partial charge in [0.15, 0.2) is 11.5 Å². The van der Waals surface area contributed by atoms with Crippen LogP contribution in [0, 0.1) is 0 Å². The molecule has 1 N–H and O–H groups in total. The van der Waals surface area contributed by atoms with Crippen molar-refractivity contribution in [3.63, 3.8) is 0 Å². The summed E-state index contributed by atoms with van der Waals surface area (Å²) in [7, 11) is 1.38. The van der Waals surface area contributed by atoms with Gasteiger partial charge in [0.2, 0.25) is 5.91 Å². The summed E-state index contributed by atoms with van der Waals surface area (Å²) in [4.78, 5) is 11.0. The average Bonchev–Trinajstić information content (AvgIpc) is 2.39. The lowest BCUT2D eigenvalue weighted by molar-refractivity contribution is -0.118. The number of hydrogen-bond donors (Lipinski definition) is 1. The van der Waals surface area contributed by atoms with E-state index >= 15 is 0 Å². The van der Waals surface area contributed by atoms with E-state index in [4.69, 9.17) is 4.74 Å². The Morgan fingerprint density at radius 3 is 2.74 bits per heavy atom. The van der Waals surface area contributed by atoms with Crippen LogP contribution in [0.25, 0.3) is 0 Å². The van der Waals surface area contributed by atoms with Crippen molar-refractivity contribution in [2.75, 3.05) is 19.0 Å². The van der Waals surface area contributed by atoms with Gasteiger partial charge in [-0.1, -0.05) is 22.0 Å². The number of methoxy groups -OCH3 is 1. The molecule has 1 aromatic carbocycles.